The number of benzene rings is 1. The Morgan fingerprint density at radius 1 is 1.12 bits per heavy atom. The molecule has 2 aromatic rings. The zero-order chi connectivity index (χ0) is 17.2. The van der Waals surface area contributed by atoms with E-state index in [1.54, 1.807) is 0 Å². The molecule has 0 spiro atoms. The van der Waals surface area contributed by atoms with Crippen LogP contribution in [0.1, 0.15) is 25.7 Å². The fourth-order valence-corrected chi connectivity index (χ4v) is 4.13. The SMILES string of the molecule is NC(=O)[C@@H]1[C@H](N2CCCCC2)CCN1c1ccc(-c2nnn[nH]2)cc1. The molecular formula is C17H23N7O. The highest BCUT2D eigenvalue weighted by atomic mass is 16.1. The van der Waals surface area contributed by atoms with Crippen LogP contribution >= 0.6 is 0 Å². The van der Waals surface area contributed by atoms with Crippen LogP contribution < -0.4 is 10.6 Å². The Morgan fingerprint density at radius 2 is 1.88 bits per heavy atom. The number of piperidine rings is 1. The molecule has 132 valence electrons. The molecule has 2 fully saturated rings. The molecular weight excluding hydrogens is 318 g/mol. The number of aromatic amines is 1. The van der Waals surface area contributed by atoms with Crippen molar-refractivity contribution >= 4 is 11.6 Å². The summed E-state index contributed by atoms with van der Waals surface area (Å²) in [6, 6.07) is 7.89. The van der Waals surface area contributed by atoms with Crippen molar-refractivity contribution in [3.63, 3.8) is 0 Å². The molecule has 0 saturated carbocycles. The molecule has 0 bridgehead atoms. The first-order chi connectivity index (χ1) is 12.2. The summed E-state index contributed by atoms with van der Waals surface area (Å²) in [6.07, 6.45) is 4.68. The summed E-state index contributed by atoms with van der Waals surface area (Å²) >= 11 is 0. The summed E-state index contributed by atoms with van der Waals surface area (Å²) < 4.78 is 0. The van der Waals surface area contributed by atoms with Gasteiger partial charge in [0.1, 0.15) is 6.04 Å². The van der Waals surface area contributed by atoms with Crippen LogP contribution in [-0.2, 0) is 4.79 Å². The highest BCUT2D eigenvalue weighted by molar-refractivity contribution is 5.85. The maximum Gasteiger partial charge on any atom is 0.241 e. The number of anilines is 1. The molecule has 3 N–H and O–H groups in total. The van der Waals surface area contributed by atoms with E-state index in [9.17, 15) is 4.79 Å². The molecule has 4 rings (SSSR count). The van der Waals surface area contributed by atoms with Gasteiger partial charge in [-0.15, -0.1) is 5.10 Å². The van der Waals surface area contributed by atoms with Crippen LogP contribution in [0.15, 0.2) is 24.3 Å². The number of primary amides is 1. The van der Waals surface area contributed by atoms with Crippen molar-refractivity contribution in [1.29, 1.82) is 0 Å². The molecule has 8 heteroatoms. The lowest BCUT2D eigenvalue weighted by Gasteiger charge is -2.36. The third kappa shape index (κ3) is 3.09. The Balaban J connectivity index is 1.55. The van der Waals surface area contributed by atoms with Gasteiger partial charge in [-0.1, -0.05) is 6.42 Å². The fourth-order valence-electron chi connectivity index (χ4n) is 4.13. The van der Waals surface area contributed by atoms with E-state index >= 15 is 0 Å². The number of likely N-dealkylation sites (tertiary alicyclic amines) is 1. The van der Waals surface area contributed by atoms with Gasteiger partial charge in [0.2, 0.25) is 5.91 Å². The van der Waals surface area contributed by atoms with Crippen LogP contribution in [0.4, 0.5) is 5.69 Å². The first kappa shape index (κ1) is 16.0. The monoisotopic (exact) mass is 341 g/mol. The molecule has 0 aliphatic carbocycles. The molecule has 1 amide bonds. The van der Waals surface area contributed by atoms with Crippen LogP contribution in [0.2, 0.25) is 0 Å². The van der Waals surface area contributed by atoms with Gasteiger partial charge in [-0.25, -0.2) is 5.10 Å². The first-order valence-electron chi connectivity index (χ1n) is 8.88. The van der Waals surface area contributed by atoms with Crippen molar-refractivity contribution in [3.8, 4) is 11.4 Å². The second-order valence-corrected chi connectivity index (χ2v) is 6.79. The Bertz CT molecular complexity index is 709. The Morgan fingerprint density at radius 3 is 2.52 bits per heavy atom. The summed E-state index contributed by atoms with van der Waals surface area (Å²) in [5.41, 5.74) is 7.72. The van der Waals surface area contributed by atoms with Gasteiger partial charge in [0.25, 0.3) is 0 Å². The number of nitrogens with two attached hydrogens (primary N) is 1. The summed E-state index contributed by atoms with van der Waals surface area (Å²) in [7, 11) is 0. The maximum atomic E-state index is 12.2. The average molecular weight is 341 g/mol. The topological polar surface area (TPSA) is 104 Å². The van der Waals surface area contributed by atoms with Crippen LogP contribution in [0.3, 0.4) is 0 Å². The summed E-state index contributed by atoms with van der Waals surface area (Å²) in [5.74, 6) is 0.391. The lowest BCUT2D eigenvalue weighted by Crippen LogP contribution is -2.53. The number of tetrazole rings is 1. The highest BCUT2D eigenvalue weighted by Gasteiger charge is 2.41. The van der Waals surface area contributed by atoms with E-state index in [1.165, 1.54) is 19.3 Å². The lowest BCUT2D eigenvalue weighted by atomic mass is 10.0. The third-order valence-electron chi connectivity index (χ3n) is 5.33. The predicted molar refractivity (Wildman–Crippen MR) is 93.8 cm³/mol. The van der Waals surface area contributed by atoms with Gasteiger partial charge >= 0.3 is 0 Å². The second kappa shape index (κ2) is 6.79. The first-order valence-corrected chi connectivity index (χ1v) is 8.88. The van der Waals surface area contributed by atoms with Crippen molar-refractivity contribution in [1.82, 2.24) is 25.5 Å². The van der Waals surface area contributed by atoms with Crippen LogP contribution in [0.5, 0.6) is 0 Å². The summed E-state index contributed by atoms with van der Waals surface area (Å²) in [6.45, 7) is 2.98. The number of carbonyl (C=O) groups is 1. The number of hydrogen-bond donors (Lipinski definition) is 2. The summed E-state index contributed by atoms with van der Waals surface area (Å²) in [4.78, 5) is 16.8. The number of rotatable bonds is 4. The fraction of sp³-hybridized carbons (Fsp3) is 0.529. The molecule has 25 heavy (non-hydrogen) atoms. The molecule has 0 unspecified atom stereocenters. The average Bonchev–Trinajstić information content (AvgIpc) is 3.32. The van der Waals surface area contributed by atoms with Gasteiger partial charge in [-0.05, 0) is 67.0 Å². The minimum atomic E-state index is -0.268. The molecule has 2 atom stereocenters. The molecule has 2 saturated heterocycles. The molecule has 1 aromatic carbocycles. The Labute approximate surface area is 146 Å². The number of carbonyl (C=O) groups excluding carboxylic acids is 1. The largest absolute Gasteiger partial charge is 0.368 e. The van der Waals surface area contributed by atoms with E-state index in [2.05, 4.69) is 30.4 Å². The van der Waals surface area contributed by atoms with Crippen molar-refractivity contribution in [2.45, 2.75) is 37.8 Å². The van der Waals surface area contributed by atoms with E-state index in [4.69, 9.17) is 5.73 Å². The quantitative estimate of drug-likeness (QED) is 0.852. The highest BCUT2D eigenvalue weighted by Crippen LogP contribution is 2.31. The standard InChI is InChI=1S/C17H23N7O/c18-16(25)15-14(23-9-2-1-3-10-23)8-11-24(15)13-6-4-12(5-7-13)17-19-21-22-20-17/h4-7,14-15H,1-3,8-11H2,(H2,18,25)(H,19,20,21,22)/t14-,15+/m1/s1. The Hall–Kier alpha value is -2.48. The van der Waals surface area contributed by atoms with Crippen molar-refractivity contribution in [2.24, 2.45) is 5.73 Å². The van der Waals surface area contributed by atoms with Gasteiger partial charge in [-0.3, -0.25) is 9.69 Å². The van der Waals surface area contributed by atoms with Crippen LogP contribution in [0, 0.1) is 0 Å². The molecule has 8 nitrogen and oxygen atoms in total. The number of amides is 1. The number of aromatic nitrogens is 4. The van der Waals surface area contributed by atoms with Crippen molar-refractivity contribution in [3.05, 3.63) is 24.3 Å². The zero-order valence-corrected chi connectivity index (χ0v) is 14.1. The maximum absolute atomic E-state index is 12.2. The van der Waals surface area contributed by atoms with Gasteiger partial charge in [0.15, 0.2) is 5.82 Å². The predicted octanol–water partition coefficient (Wildman–Crippen LogP) is 0.785. The molecule has 2 aliphatic rings. The van der Waals surface area contributed by atoms with Crippen molar-refractivity contribution < 1.29 is 4.79 Å². The second-order valence-electron chi connectivity index (χ2n) is 6.79. The smallest absolute Gasteiger partial charge is 0.241 e. The van der Waals surface area contributed by atoms with Gasteiger partial charge in [0, 0.05) is 23.8 Å². The van der Waals surface area contributed by atoms with E-state index < -0.39 is 0 Å². The van der Waals surface area contributed by atoms with E-state index in [-0.39, 0.29) is 18.0 Å². The minimum absolute atomic E-state index is 0.218. The number of H-pyrrole nitrogens is 1. The van der Waals surface area contributed by atoms with E-state index in [1.807, 2.05) is 24.3 Å². The number of nitrogens with one attached hydrogen (secondary N) is 1. The molecule has 1 aromatic heterocycles. The Kier molecular flexibility index (Phi) is 4.35. The van der Waals surface area contributed by atoms with Crippen LogP contribution in [0.25, 0.3) is 11.4 Å². The van der Waals surface area contributed by atoms with Gasteiger partial charge in [0.05, 0.1) is 0 Å². The minimum Gasteiger partial charge on any atom is -0.368 e. The number of nitrogens with zero attached hydrogens (tertiary/aromatic N) is 5. The van der Waals surface area contributed by atoms with Crippen molar-refractivity contribution in [2.75, 3.05) is 24.5 Å². The lowest BCUT2D eigenvalue weighted by molar-refractivity contribution is -0.120. The molecule has 2 aliphatic heterocycles. The number of hydrogen-bond acceptors (Lipinski definition) is 6. The normalized spacial score (nSPS) is 24.6. The van der Waals surface area contributed by atoms with Crippen LogP contribution in [-0.4, -0.2) is 63.1 Å². The molecule has 0 radical (unpaired) electrons. The summed E-state index contributed by atoms with van der Waals surface area (Å²) in [5, 5.41) is 13.9. The van der Waals surface area contributed by atoms with E-state index in [0.29, 0.717) is 5.82 Å². The third-order valence-corrected chi connectivity index (χ3v) is 5.33. The van der Waals surface area contributed by atoms with E-state index in [0.717, 1.165) is 37.3 Å². The molecule has 3 heterocycles. The zero-order valence-electron chi connectivity index (χ0n) is 14.1. The van der Waals surface area contributed by atoms with Gasteiger partial charge in [-0.2, -0.15) is 0 Å². The van der Waals surface area contributed by atoms with Gasteiger partial charge < -0.3 is 10.6 Å².